The van der Waals surface area contributed by atoms with Crippen molar-refractivity contribution < 1.29 is 0 Å². The van der Waals surface area contributed by atoms with Crippen molar-refractivity contribution in [2.75, 3.05) is 36.0 Å². The lowest BCUT2D eigenvalue weighted by Crippen LogP contribution is -2.26. The maximum atomic E-state index is 6.19. The molecule has 0 saturated carbocycles. The highest BCUT2D eigenvalue weighted by atomic mass is 35.5. The first kappa shape index (κ1) is 25.6. The highest BCUT2D eigenvalue weighted by molar-refractivity contribution is 5.93. The minimum atomic E-state index is 0. The van der Waals surface area contributed by atoms with E-state index in [1.807, 2.05) is 44.2 Å². The standard InChI is InChI=1S/C24H35N7.ClH/c1-6-31(7-2)12-8-9-16(3)27-24-28-18(5)14-23(30-24)29-19-10-11-22-20(15-19)21(25)13-17(4)26-22;/h10-11,13-16H,6-9,12H2,1-5H3,(H2,25,26)(H2,27,28,29,30);1H. The first-order chi connectivity index (χ1) is 14.9. The van der Waals surface area contributed by atoms with E-state index < -0.39 is 0 Å². The quantitative estimate of drug-likeness (QED) is 0.379. The van der Waals surface area contributed by atoms with Crippen LogP contribution in [0, 0.1) is 13.8 Å². The molecule has 1 unspecified atom stereocenters. The van der Waals surface area contributed by atoms with Gasteiger partial charge in [-0.25, -0.2) is 4.98 Å². The van der Waals surface area contributed by atoms with Gasteiger partial charge in [-0.05, 0) is 77.5 Å². The normalized spacial score (nSPS) is 11.9. The Labute approximate surface area is 197 Å². The summed E-state index contributed by atoms with van der Waals surface area (Å²) in [6.07, 6.45) is 2.23. The van der Waals surface area contributed by atoms with Gasteiger partial charge < -0.3 is 21.3 Å². The van der Waals surface area contributed by atoms with Crippen LogP contribution in [-0.4, -0.2) is 45.5 Å². The second kappa shape index (κ2) is 11.8. The highest BCUT2D eigenvalue weighted by Gasteiger charge is 2.09. The molecule has 7 nitrogen and oxygen atoms in total. The Morgan fingerprint density at radius 3 is 2.44 bits per heavy atom. The zero-order valence-corrected chi connectivity index (χ0v) is 20.6. The molecule has 0 aliphatic heterocycles. The van der Waals surface area contributed by atoms with Crippen molar-refractivity contribution in [3.8, 4) is 0 Å². The Kier molecular flexibility index (Phi) is 9.47. The van der Waals surface area contributed by atoms with Gasteiger partial charge in [0.15, 0.2) is 0 Å². The fourth-order valence-electron chi connectivity index (χ4n) is 3.77. The third kappa shape index (κ3) is 6.93. The molecule has 3 aromatic rings. The zero-order chi connectivity index (χ0) is 22.4. The summed E-state index contributed by atoms with van der Waals surface area (Å²) in [4.78, 5) is 16.2. The summed E-state index contributed by atoms with van der Waals surface area (Å²) < 4.78 is 0. The van der Waals surface area contributed by atoms with Crippen LogP contribution in [0.15, 0.2) is 30.3 Å². The fourth-order valence-corrected chi connectivity index (χ4v) is 3.77. The number of benzene rings is 1. The summed E-state index contributed by atoms with van der Waals surface area (Å²) in [6.45, 7) is 13.9. The first-order valence-corrected chi connectivity index (χ1v) is 11.2. The summed E-state index contributed by atoms with van der Waals surface area (Å²) in [5.41, 5.74) is 10.6. The topological polar surface area (TPSA) is 92.0 Å². The van der Waals surface area contributed by atoms with Crippen molar-refractivity contribution in [2.24, 2.45) is 0 Å². The maximum Gasteiger partial charge on any atom is 0.225 e. The van der Waals surface area contributed by atoms with Crippen LogP contribution >= 0.6 is 12.4 Å². The summed E-state index contributed by atoms with van der Waals surface area (Å²) in [5, 5.41) is 7.77. The molecule has 4 N–H and O–H groups in total. The van der Waals surface area contributed by atoms with Crippen molar-refractivity contribution in [3.05, 3.63) is 41.7 Å². The third-order valence-electron chi connectivity index (χ3n) is 5.48. The molecule has 1 aromatic carbocycles. The molecule has 0 amide bonds. The van der Waals surface area contributed by atoms with Crippen molar-refractivity contribution in [1.82, 2.24) is 19.9 Å². The van der Waals surface area contributed by atoms with Crippen molar-refractivity contribution in [2.45, 2.75) is 53.5 Å². The number of halogens is 1. The van der Waals surface area contributed by atoms with Crippen molar-refractivity contribution in [3.63, 3.8) is 0 Å². The molecular formula is C24H36ClN7. The predicted molar refractivity (Wildman–Crippen MR) is 138 cm³/mol. The minimum absolute atomic E-state index is 0. The lowest BCUT2D eigenvalue weighted by atomic mass is 10.1. The molecule has 0 saturated heterocycles. The van der Waals surface area contributed by atoms with Gasteiger partial charge in [-0.1, -0.05) is 13.8 Å². The smallest absolute Gasteiger partial charge is 0.225 e. The van der Waals surface area contributed by atoms with Gasteiger partial charge in [0, 0.05) is 40.3 Å². The van der Waals surface area contributed by atoms with E-state index in [-0.39, 0.29) is 12.4 Å². The van der Waals surface area contributed by atoms with Crippen LogP contribution in [0.1, 0.15) is 45.0 Å². The molecule has 0 radical (unpaired) electrons. The molecule has 1 atom stereocenters. The number of pyridine rings is 1. The van der Waals surface area contributed by atoms with E-state index in [0.717, 1.165) is 72.0 Å². The van der Waals surface area contributed by atoms with Crippen LogP contribution in [0.3, 0.4) is 0 Å². The molecule has 3 rings (SSSR count). The Morgan fingerprint density at radius 1 is 1.00 bits per heavy atom. The number of hydrogen-bond donors (Lipinski definition) is 3. The SMILES string of the molecule is CCN(CC)CCCC(C)Nc1nc(C)cc(Nc2ccc3nc(C)cc(N)c3c2)n1.Cl. The summed E-state index contributed by atoms with van der Waals surface area (Å²) in [6, 6.07) is 10.1. The van der Waals surface area contributed by atoms with Gasteiger partial charge in [-0.15, -0.1) is 12.4 Å². The molecule has 0 aliphatic rings. The molecular weight excluding hydrogens is 422 g/mol. The summed E-state index contributed by atoms with van der Waals surface area (Å²) in [5.74, 6) is 1.40. The van der Waals surface area contributed by atoms with Crippen LogP contribution < -0.4 is 16.4 Å². The largest absolute Gasteiger partial charge is 0.398 e. The van der Waals surface area contributed by atoms with Crippen LogP contribution in [0.4, 0.5) is 23.1 Å². The molecule has 0 spiro atoms. The second-order valence-electron chi connectivity index (χ2n) is 8.14. The van der Waals surface area contributed by atoms with Gasteiger partial charge in [-0.3, -0.25) is 4.98 Å². The lowest BCUT2D eigenvalue weighted by molar-refractivity contribution is 0.295. The molecule has 2 heterocycles. The van der Waals surface area contributed by atoms with E-state index in [2.05, 4.69) is 51.3 Å². The number of nitrogens with two attached hydrogens (primary N) is 1. The average Bonchev–Trinajstić information content (AvgIpc) is 2.71. The van der Waals surface area contributed by atoms with Crippen LogP contribution in [0.5, 0.6) is 0 Å². The maximum absolute atomic E-state index is 6.19. The number of nitrogen functional groups attached to an aromatic ring is 1. The van der Waals surface area contributed by atoms with E-state index in [4.69, 9.17) is 5.73 Å². The van der Waals surface area contributed by atoms with Crippen LogP contribution in [0.2, 0.25) is 0 Å². The number of hydrogen-bond acceptors (Lipinski definition) is 7. The summed E-state index contributed by atoms with van der Waals surface area (Å²) in [7, 11) is 0. The van der Waals surface area contributed by atoms with Gasteiger partial charge in [0.05, 0.1) is 5.52 Å². The van der Waals surface area contributed by atoms with Gasteiger partial charge in [0.1, 0.15) is 5.82 Å². The number of fused-ring (bicyclic) bond motifs is 1. The van der Waals surface area contributed by atoms with Crippen LogP contribution in [-0.2, 0) is 0 Å². The van der Waals surface area contributed by atoms with E-state index >= 15 is 0 Å². The number of anilines is 4. The number of aryl methyl sites for hydroxylation is 2. The molecule has 2 aromatic heterocycles. The highest BCUT2D eigenvalue weighted by Crippen LogP contribution is 2.26. The zero-order valence-electron chi connectivity index (χ0n) is 19.8. The molecule has 0 fully saturated rings. The molecule has 0 aliphatic carbocycles. The van der Waals surface area contributed by atoms with Gasteiger partial charge in [0.2, 0.25) is 5.95 Å². The van der Waals surface area contributed by atoms with E-state index in [1.165, 1.54) is 0 Å². The monoisotopic (exact) mass is 457 g/mol. The van der Waals surface area contributed by atoms with Gasteiger partial charge >= 0.3 is 0 Å². The Bertz CT molecular complexity index is 1020. The Morgan fingerprint density at radius 2 is 1.72 bits per heavy atom. The Balaban J connectivity index is 0.00000363. The van der Waals surface area contributed by atoms with Crippen molar-refractivity contribution >= 4 is 46.5 Å². The summed E-state index contributed by atoms with van der Waals surface area (Å²) >= 11 is 0. The lowest BCUT2D eigenvalue weighted by Gasteiger charge is -2.20. The number of nitrogens with zero attached hydrogens (tertiary/aromatic N) is 4. The Hall–Kier alpha value is -2.64. The van der Waals surface area contributed by atoms with E-state index in [0.29, 0.717) is 12.0 Å². The molecule has 32 heavy (non-hydrogen) atoms. The second-order valence-corrected chi connectivity index (χ2v) is 8.14. The number of aromatic nitrogens is 3. The molecule has 8 heteroatoms. The van der Waals surface area contributed by atoms with Gasteiger partial charge in [0.25, 0.3) is 0 Å². The van der Waals surface area contributed by atoms with Gasteiger partial charge in [-0.2, -0.15) is 4.98 Å². The number of rotatable bonds is 10. The average molecular weight is 458 g/mol. The van der Waals surface area contributed by atoms with E-state index in [1.54, 1.807) is 0 Å². The van der Waals surface area contributed by atoms with Crippen LogP contribution in [0.25, 0.3) is 10.9 Å². The number of nitrogens with one attached hydrogen (secondary N) is 2. The van der Waals surface area contributed by atoms with Crippen molar-refractivity contribution in [1.29, 1.82) is 0 Å². The first-order valence-electron chi connectivity index (χ1n) is 11.2. The third-order valence-corrected chi connectivity index (χ3v) is 5.48. The molecule has 0 bridgehead atoms. The fraction of sp³-hybridized carbons (Fsp3) is 0.458. The predicted octanol–water partition coefficient (Wildman–Crippen LogP) is 5.31. The van der Waals surface area contributed by atoms with E-state index in [9.17, 15) is 0 Å². The minimum Gasteiger partial charge on any atom is -0.398 e. The molecule has 174 valence electrons.